The fourth-order valence-corrected chi connectivity index (χ4v) is 5.15. The lowest BCUT2D eigenvalue weighted by Crippen LogP contribution is -2.27. The Bertz CT molecular complexity index is 1100. The van der Waals surface area contributed by atoms with E-state index < -0.39 is 6.10 Å². The number of rotatable bonds is 13. The summed E-state index contributed by atoms with van der Waals surface area (Å²) in [6, 6.07) is 13.1. The SMILES string of the molecule is CC(COC(=O)NCCCSCCNC[C@H](O)c1ccc(O)c2[nH]c(=O)sc12)c1ccccc1. The molecule has 8 nitrogen and oxygen atoms in total. The molecular formula is C24H31N3O5S2. The first-order valence-corrected chi connectivity index (χ1v) is 13.2. The van der Waals surface area contributed by atoms with Gasteiger partial charge in [-0.25, -0.2) is 4.79 Å². The molecule has 1 unspecified atom stereocenters. The molecule has 1 heterocycles. The van der Waals surface area contributed by atoms with Crippen LogP contribution in [0.3, 0.4) is 0 Å². The number of hydrogen-bond donors (Lipinski definition) is 5. The number of alkyl carbamates (subject to hydrolysis) is 1. The van der Waals surface area contributed by atoms with E-state index in [-0.39, 0.29) is 22.6 Å². The molecule has 2 atom stereocenters. The Morgan fingerprint density at radius 2 is 1.97 bits per heavy atom. The standard InChI is InChI=1S/C24H31N3O5S2/c1-16(17-6-3-2-4-7-17)15-32-23(30)26-10-5-12-33-13-11-25-14-20(29)18-8-9-19(28)21-22(18)34-24(31)27-21/h2-4,6-9,16,20,25,28-29H,5,10-15H2,1H3,(H,26,30)(H,27,31)/t16?,20-/m0/s1. The van der Waals surface area contributed by atoms with Gasteiger partial charge in [-0.2, -0.15) is 11.8 Å². The number of thioether (sulfide) groups is 1. The number of nitrogens with one attached hydrogen (secondary N) is 3. The van der Waals surface area contributed by atoms with E-state index in [2.05, 4.69) is 15.6 Å². The summed E-state index contributed by atoms with van der Waals surface area (Å²) in [7, 11) is 0. The molecule has 1 aromatic heterocycles. The van der Waals surface area contributed by atoms with Crippen LogP contribution in [-0.4, -0.2) is 59.0 Å². The highest BCUT2D eigenvalue weighted by atomic mass is 32.2. The van der Waals surface area contributed by atoms with Crippen molar-refractivity contribution in [3.05, 3.63) is 63.3 Å². The molecule has 0 aliphatic heterocycles. The summed E-state index contributed by atoms with van der Waals surface area (Å²) in [5, 5.41) is 26.3. The number of aromatic hydroxyl groups is 1. The van der Waals surface area contributed by atoms with Crippen LogP contribution in [0.15, 0.2) is 47.3 Å². The maximum Gasteiger partial charge on any atom is 0.407 e. The van der Waals surface area contributed by atoms with E-state index in [1.165, 1.54) is 6.07 Å². The number of carbonyl (C=O) groups is 1. The molecule has 3 rings (SSSR count). The second kappa shape index (κ2) is 13.4. The lowest BCUT2D eigenvalue weighted by Gasteiger charge is -2.13. The second-order valence-corrected chi connectivity index (χ2v) is 10.1. The number of thiazole rings is 1. The van der Waals surface area contributed by atoms with Crippen LogP contribution < -0.4 is 15.5 Å². The lowest BCUT2D eigenvalue weighted by molar-refractivity contribution is 0.140. The number of benzene rings is 2. The quantitative estimate of drug-likeness (QED) is 0.225. The summed E-state index contributed by atoms with van der Waals surface area (Å²) in [6.07, 6.45) is -0.326. The monoisotopic (exact) mass is 505 g/mol. The Kier molecular flexibility index (Phi) is 10.3. The molecule has 184 valence electrons. The number of carbonyl (C=O) groups excluding carboxylic acids is 1. The Hall–Kier alpha value is -2.53. The molecule has 1 amide bonds. The van der Waals surface area contributed by atoms with E-state index in [0.717, 1.165) is 41.4 Å². The van der Waals surface area contributed by atoms with Crippen LogP contribution in [0.2, 0.25) is 0 Å². The molecule has 0 fully saturated rings. The van der Waals surface area contributed by atoms with E-state index in [0.29, 0.717) is 35.5 Å². The van der Waals surface area contributed by atoms with Crippen molar-refractivity contribution in [3.8, 4) is 5.75 Å². The summed E-state index contributed by atoms with van der Waals surface area (Å²) < 4.78 is 5.87. The third-order valence-electron chi connectivity index (χ3n) is 5.28. The van der Waals surface area contributed by atoms with Gasteiger partial charge in [0.25, 0.3) is 0 Å². The first kappa shape index (κ1) is 26.1. The van der Waals surface area contributed by atoms with Crippen molar-refractivity contribution in [2.75, 3.05) is 37.7 Å². The summed E-state index contributed by atoms with van der Waals surface area (Å²) in [5.41, 5.74) is 2.13. The number of aliphatic hydroxyl groups excluding tert-OH is 1. The number of hydrogen-bond acceptors (Lipinski definition) is 8. The van der Waals surface area contributed by atoms with Crippen LogP contribution in [0.5, 0.6) is 5.75 Å². The number of ether oxygens (including phenoxy) is 1. The molecule has 0 saturated heterocycles. The number of phenols is 1. The summed E-state index contributed by atoms with van der Waals surface area (Å²) >= 11 is 2.74. The topological polar surface area (TPSA) is 124 Å². The molecule has 5 N–H and O–H groups in total. The summed E-state index contributed by atoms with van der Waals surface area (Å²) in [4.78, 5) is 25.8. The van der Waals surface area contributed by atoms with Crippen LogP contribution in [0, 0.1) is 0 Å². The predicted molar refractivity (Wildman–Crippen MR) is 138 cm³/mol. The van der Waals surface area contributed by atoms with E-state index >= 15 is 0 Å². The average molecular weight is 506 g/mol. The van der Waals surface area contributed by atoms with Crippen LogP contribution in [0.1, 0.15) is 36.5 Å². The molecule has 0 radical (unpaired) electrons. The van der Waals surface area contributed by atoms with Gasteiger partial charge in [0, 0.05) is 36.9 Å². The van der Waals surface area contributed by atoms with Crippen molar-refractivity contribution in [2.24, 2.45) is 0 Å². The molecule has 34 heavy (non-hydrogen) atoms. The van der Waals surface area contributed by atoms with Crippen molar-refractivity contribution in [2.45, 2.75) is 25.4 Å². The molecule has 0 saturated carbocycles. The normalized spacial score (nSPS) is 13.0. The number of phenolic OH excluding ortho intramolecular Hbond substituents is 1. The zero-order valence-electron chi connectivity index (χ0n) is 19.1. The maximum absolute atomic E-state index is 11.8. The third kappa shape index (κ3) is 7.76. The highest BCUT2D eigenvalue weighted by Gasteiger charge is 2.16. The van der Waals surface area contributed by atoms with Crippen molar-refractivity contribution < 1.29 is 19.7 Å². The number of aromatic amines is 1. The van der Waals surface area contributed by atoms with Gasteiger partial charge in [0.15, 0.2) is 0 Å². The number of aliphatic hydroxyl groups is 1. The second-order valence-electron chi connectivity index (χ2n) is 7.92. The van der Waals surface area contributed by atoms with E-state index in [1.807, 2.05) is 37.3 Å². The van der Waals surface area contributed by atoms with Gasteiger partial charge in [-0.1, -0.05) is 54.7 Å². The fraction of sp³-hybridized carbons (Fsp3) is 0.417. The van der Waals surface area contributed by atoms with Crippen molar-refractivity contribution in [1.82, 2.24) is 15.6 Å². The molecule has 3 aromatic rings. The van der Waals surface area contributed by atoms with Crippen molar-refractivity contribution >= 4 is 39.4 Å². The minimum absolute atomic E-state index is 0.00171. The minimum atomic E-state index is -0.778. The van der Waals surface area contributed by atoms with Crippen LogP contribution in [0.25, 0.3) is 10.2 Å². The van der Waals surface area contributed by atoms with Gasteiger partial charge in [-0.3, -0.25) is 4.79 Å². The van der Waals surface area contributed by atoms with Gasteiger partial charge in [0.05, 0.1) is 17.4 Å². The van der Waals surface area contributed by atoms with Crippen LogP contribution in [-0.2, 0) is 4.74 Å². The van der Waals surface area contributed by atoms with E-state index in [4.69, 9.17) is 4.74 Å². The Morgan fingerprint density at radius 3 is 2.76 bits per heavy atom. The average Bonchev–Trinajstić information content (AvgIpc) is 3.24. The molecule has 0 spiro atoms. The van der Waals surface area contributed by atoms with Crippen LogP contribution in [0.4, 0.5) is 4.79 Å². The Labute approximate surface area is 206 Å². The smallest absolute Gasteiger partial charge is 0.407 e. The zero-order valence-corrected chi connectivity index (χ0v) is 20.7. The number of amides is 1. The zero-order chi connectivity index (χ0) is 24.3. The summed E-state index contributed by atoms with van der Waals surface area (Å²) in [6.45, 7) is 4.01. The van der Waals surface area contributed by atoms with Crippen molar-refractivity contribution in [3.63, 3.8) is 0 Å². The maximum atomic E-state index is 11.8. The molecule has 10 heteroatoms. The van der Waals surface area contributed by atoms with Crippen molar-refractivity contribution in [1.29, 1.82) is 0 Å². The molecule has 0 bridgehead atoms. The largest absolute Gasteiger partial charge is 0.506 e. The fourth-order valence-electron chi connectivity index (χ4n) is 3.39. The van der Waals surface area contributed by atoms with Crippen LogP contribution >= 0.6 is 23.1 Å². The minimum Gasteiger partial charge on any atom is -0.506 e. The van der Waals surface area contributed by atoms with Gasteiger partial charge < -0.3 is 30.6 Å². The first-order valence-electron chi connectivity index (χ1n) is 11.2. The predicted octanol–water partition coefficient (Wildman–Crippen LogP) is 3.57. The number of fused-ring (bicyclic) bond motifs is 1. The van der Waals surface area contributed by atoms with E-state index in [9.17, 15) is 19.8 Å². The Balaban J connectivity index is 1.22. The highest BCUT2D eigenvalue weighted by Crippen LogP contribution is 2.31. The van der Waals surface area contributed by atoms with Gasteiger partial charge in [-0.15, -0.1) is 0 Å². The number of H-pyrrole nitrogens is 1. The Morgan fingerprint density at radius 1 is 1.18 bits per heavy atom. The number of aromatic nitrogens is 1. The third-order valence-corrected chi connectivity index (χ3v) is 7.28. The molecule has 0 aliphatic carbocycles. The highest BCUT2D eigenvalue weighted by molar-refractivity contribution is 7.99. The molecule has 2 aromatic carbocycles. The van der Waals surface area contributed by atoms with Gasteiger partial charge in [0.1, 0.15) is 11.3 Å². The van der Waals surface area contributed by atoms with Gasteiger partial charge >= 0.3 is 11.0 Å². The van der Waals surface area contributed by atoms with Gasteiger partial charge in [-0.05, 0) is 23.8 Å². The first-order chi connectivity index (χ1) is 16.5. The summed E-state index contributed by atoms with van der Waals surface area (Å²) in [5.74, 6) is 1.93. The van der Waals surface area contributed by atoms with Gasteiger partial charge in [0.2, 0.25) is 0 Å². The lowest BCUT2D eigenvalue weighted by atomic mass is 10.0. The molecule has 0 aliphatic rings. The van der Waals surface area contributed by atoms with E-state index in [1.54, 1.807) is 17.8 Å². The molecular weight excluding hydrogens is 474 g/mol.